The maximum atomic E-state index is 14.9. The smallest absolute Gasteiger partial charge is 0.219 e. The molecule has 43 heavy (non-hydrogen) atoms. The van der Waals surface area contributed by atoms with Crippen LogP contribution in [0.3, 0.4) is 0 Å². The lowest BCUT2D eigenvalue weighted by Crippen LogP contribution is -2.48. The summed E-state index contributed by atoms with van der Waals surface area (Å²) in [5.74, 6) is -1.50. The Morgan fingerprint density at radius 2 is 1.86 bits per heavy atom. The molecule has 1 unspecified atom stereocenters. The zero-order valence-corrected chi connectivity index (χ0v) is 25.4. The Kier molecular flexibility index (Phi) is 10.9. The van der Waals surface area contributed by atoms with E-state index in [2.05, 4.69) is 15.0 Å². The number of carbonyl (C=O) groups excluding carboxylic acids is 1. The first-order valence-corrected chi connectivity index (χ1v) is 15.9. The van der Waals surface area contributed by atoms with E-state index in [0.29, 0.717) is 38.0 Å². The highest BCUT2D eigenvalue weighted by atomic mass is 35.5. The fourth-order valence-electron chi connectivity index (χ4n) is 4.94. The molecule has 1 aliphatic heterocycles. The number of alkyl halides is 1. The highest BCUT2D eigenvalue weighted by Gasteiger charge is 2.39. The molecule has 1 aliphatic rings. The van der Waals surface area contributed by atoms with E-state index >= 15 is 0 Å². The second kappa shape index (κ2) is 14.4. The molecule has 11 nitrogen and oxygen atoms in total. The fourth-order valence-corrected chi connectivity index (χ4v) is 6.76. The Morgan fingerprint density at radius 3 is 2.47 bits per heavy atom. The second-order valence-corrected chi connectivity index (χ2v) is 12.7. The van der Waals surface area contributed by atoms with Crippen molar-refractivity contribution >= 4 is 33.2 Å². The molecule has 1 atom stereocenters. The van der Waals surface area contributed by atoms with Gasteiger partial charge in [-0.15, -0.1) is 11.6 Å². The summed E-state index contributed by atoms with van der Waals surface area (Å²) in [4.78, 5) is 19.4. The van der Waals surface area contributed by atoms with Crippen LogP contribution < -0.4 is 9.64 Å². The molecule has 0 spiro atoms. The van der Waals surface area contributed by atoms with Crippen molar-refractivity contribution in [3.63, 3.8) is 0 Å². The topological polar surface area (TPSA) is 121 Å². The lowest BCUT2D eigenvalue weighted by atomic mass is 9.92. The van der Waals surface area contributed by atoms with Crippen LogP contribution in [-0.4, -0.2) is 101 Å². The normalized spacial score (nSPS) is 15.5. The number of benzene rings is 2. The van der Waals surface area contributed by atoms with Gasteiger partial charge >= 0.3 is 0 Å². The number of hydrogen-bond acceptors (Lipinski definition) is 8. The standard InChI is InChI=1S/C28H35ClF2N6O5S/c1-22(38)34-10-12-35(13-11-34)24-4-6-25(7-5-24)42-15-14-37(43(40,41)16-2-9-29)19-28(39,18-36-21-32-20-33-36)26-8-3-23(30)17-27(26)31/h3-8,17,20-21,39H,2,9-16,18-19H2,1H3. The lowest BCUT2D eigenvalue weighted by Gasteiger charge is -2.35. The number of hydrogen-bond donors (Lipinski definition) is 1. The summed E-state index contributed by atoms with van der Waals surface area (Å²) in [5, 5.41) is 15.7. The van der Waals surface area contributed by atoms with Crippen LogP contribution in [0.2, 0.25) is 0 Å². The maximum Gasteiger partial charge on any atom is 0.219 e. The summed E-state index contributed by atoms with van der Waals surface area (Å²) < 4.78 is 63.5. The van der Waals surface area contributed by atoms with Gasteiger partial charge in [-0.2, -0.15) is 9.40 Å². The number of halogens is 3. The third kappa shape index (κ3) is 8.62. The number of rotatable bonds is 14. The number of nitrogens with zero attached hydrogens (tertiary/aromatic N) is 6. The van der Waals surface area contributed by atoms with Crippen molar-refractivity contribution < 1.29 is 31.8 Å². The SMILES string of the molecule is CC(=O)N1CCN(c2ccc(OCCN(CC(O)(Cn3cncn3)c3ccc(F)cc3F)S(=O)(=O)CCCCl)cc2)CC1. The molecule has 1 fully saturated rings. The minimum absolute atomic E-state index is 0.0572. The molecule has 3 aromatic rings. The number of carbonyl (C=O) groups is 1. The molecule has 1 saturated heterocycles. The van der Waals surface area contributed by atoms with Gasteiger partial charge in [0.15, 0.2) is 0 Å². The summed E-state index contributed by atoms with van der Waals surface area (Å²) in [6.07, 6.45) is 2.69. The van der Waals surface area contributed by atoms with Crippen LogP contribution in [0.25, 0.3) is 0 Å². The van der Waals surface area contributed by atoms with Gasteiger partial charge < -0.3 is 19.6 Å². The van der Waals surface area contributed by atoms with Gasteiger partial charge in [-0.1, -0.05) is 6.07 Å². The number of sulfonamides is 1. The first-order chi connectivity index (χ1) is 20.5. The van der Waals surface area contributed by atoms with E-state index in [9.17, 15) is 27.1 Å². The first kappa shape index (κ1) is 32.6. The maximum absolute atomic E-state index is 14.9. The van der Waals surface area contributed by atoms with Crippen molar-refractivity contribution in [2.75, 3.05) is 62.4 Å². The molecule has 1 aromatic heterocycles. The van der Waals surface area contributed by atoms with Crippen molar-refractivity contribution in [2.24, 2.45) is 0 Å². The zero-order chi connectivity index (χ0) is 31.0. The van der Waals surface area contributed by atoms with Crippen LogP contribution in [0.5, 0.6) is 5.75 Å². The van der Waals surface area contributed by atoms with E-state index < -0.39 is 33.8 Å². The van der Waals surface area contributed by atoms with E-state index in [0.717, 1.165) is 22.1 Å². The van der Waals surface area contributed by atoms with E-state index in [4.69, 9.17) is 16.3 Å². The van der Waals surface area contributed by atoms with Gasteiger partial charge in [-0.05, 0) is 36.8 Å². The molecule has 0 radical (unpaired) electrons. The summed E-state index contributed by atoms with van der Waals surface area (Å²) in [7, 11) is -3.98. The first-order valence-electron chi connectivity index (χ1n) is 13.8. The Bertz CT molecular complexity index is 1460. The van der Waals surface area contributed by atoms with E-state index in [-0.39, 0.29) is 49.2 Å². The minimum Gasteiger partial charge on any atom is -0.492 e. The molecule has 234 valence electrons. The highest BCUT2D eigenvalue weighted by molar-refractivity contribution is 7.89. The molecule has 2 aromatic carbocycles. The number of piperazine rings is 1. The molecular weight excluding hydrogens is 606 g/mol. The Morgan fingerprint density at radius 1 is 1.14 bits per heavy atom. The Balaban J connectivity index is 1.48. The highest BCUT2D eigenvalue weighted by Crippen LogP contribution is 2.29. The van der Waals surface area contributed by atoms with Crippen LogP contribution in [0, 0.1) is 11.6 Å². The van der Waals surface area contributed by atoms with Crippen molar-refractivity contribution in [1.29, 1.82) is 0 Å². The van der Waals surface area contributed by atoms with E-state index in [1.165, 1.54) is 17.3 Å². The summed E-state index contributed by atoms with van der Waals surface area (Å²) in [6, 6.07) is 10.0. The van der Waals surface area contributed by atoms with Gasteiger partial charge in [0.25, 0.3) is 0 Å². The third-order valence-electron chi connectivity index (χ3n) is 7.23. The molecular formula is C28H35ClF2N6O5S. The van der Waals surface area contributed by atoms with Gasteiger partial charge in [0.2, 0.25) is 15.9 Å². The molecule has 1 amide bonds. The Labute approximate surface area is 254 Å². The third-order valence-corrected chi connectivity index (χ3v) is 9.40. The number of amides is 1. The van der Waals surface area contributed by atoms with Gasteiger partial charge in [-0.3, -0.25) is 4.79 Å². The van der Waals surface area contributed by atoms with Crippen molar-refractivity contribution in [1.82, 2.24) is 24.0 Å². The van der Waals surface area contributed by atoms with Crippen molar-refractivity contribution in [3.8, 4) is 5.75 Å². The monoisotopic (exact) mass is 640 g/mol. The predicted molar refractivity (Wildman–Crippen MR) is 157 cm³/mol. The average molecular weight is 641 g/mol. The summed E-state index contributed by atoms with van der Waals surface area (Å²) >= 11 is 5.76. The van der Waals surface area contributed by atoms with E-state index in [1.807, 2.05) is 12.1 Å². The Hall–Kier alpha value is -3.33. The fraction of sp³-hybridized carbons (Fsp3) is 0.464. The predicted octanol–water partition coefficient (Wildman–Crippen LogP) is 2.45. The summed E-state index contributed by atoms with van der Waals surface area (Å²) in [5.41, 5.74) is -1.45. The van der Waals surface area contributed by atoms with Crippen LogP contribution in [-0.2, 0) is 27.0 Å². The van der Waals surface area contributed by atoms with Gasteiger partial charge in [-0.25, -0.2) is 26.9 Å². The lowest BCUT2D eigenvalue weighted by molar-refractivity contribution is -0.129. The van der Waals surface area contributed by atoms with Gasteiger partial charge in [0.05, 0.1) is 12.3 Å². The zero-order valence-electron chi connectivity index (χ0n) is 23.8. The minimum atomic E-state index is -3.98. The van der Waals surface area contributed by atoms with Crippen molar-refractivity contribution in [2.45, 2.75) is 25.5 Å². The van der Waals surface area contributed by atoms with Crippen LogP contribution >= 0.6 is 11.6 Å². The second-order valence-electron chi connectivity index (χ2n) is 10.3. The van der Waals surface area contributed by atoms with Crippen LogP contribution in [0.1, 0.15) is 18.9 Å². The van der Waals surface area contributed by atoms with Gasteiger partial charge in [0.1, 0.15) is 42.2 Å². The largest absolute Gasteiger partial charge is 0.492 e. The molecule has 15 heteroatoms. The average Bonchev–Trinajstić information content (AvgIpc) is 3.48. The number of anilines is 1. The number of aliphatic hydroxyl groups is 1. The number of ether oxygens (including phenoxy) is 1. The number of aromatic nitrogens is 3. The van der Waals surface area contributed by atoms with Crippen LogP contribution in [0.15, 0.2) is 55.1 Å². The summed E-state index contributed by atoms with van der Waals surface area (Å²) in [6.45, 7) is 3.13. The molecule has 0 aliphatic carbocycles. The molecule has 0 saturated carbocycles. The molecule has 0 bridgehead atoms. The molecule has 2 heterocycles. The molecule has 4 rings (SSSR count). The molecule has 1 N–H and O–H groups in total. The van der Waals surface area contributed by atoms with Gasteiger partial charge in [0, 0.05) is 69.4 Å². The van der Waals surface area contributed by atoms with Crippen LogP contribution in [0.4, 0.5) is 14.5 Å². The van der Waals surface area contributed by atoms with E-state index in [1.54, 1.807) is 24.0 Å². The van der Waals surface area contributed by atoms with Crippen molar-refractivity contribution in [3.05, 3.63) is 72.3 Å². The quantitative estimate of drug-likeness (QED) is 0.267.